The minimum absolute atomic E-state index is 0.0472. The quantitative estimate of drug-likeness (QED) is 0.823. The van der Waals surface area contributed by atoms with Crippen LogP contribution in [0.5, 0.6) is 5.75 Å². The monoisotopic (exact) mass is 345 g/mol. The zero-order chi connectivity index (χ0) is 17.7. The summed E-state index contributed by atoms with van der Waals surface area (Å²) in [5, 5.41) is 13.1. The topological polar surface area (TPSA) is 48.8 Å². The molecule has 1 aliphatic rings. The molecule has 1 N–H and O–H groups in total. The van der Waals surface area contributed by atoms with E-state index in [1.807, 2.05) is 24.2 Å². The first-order valence-electron chi connectivity index (χ1n) is 7.78. The van der Waals surface area contributed by atoms with Gasteiger partial charge in [0.05, 0.1) is 17.9 Å². The predicted molar refractivity (Wildman–Crippen MR) is 83.2 cm³/mol. The zero-order valence-electron chi connectivity index (χ0n) is 13.8. The van der Waals surface area contributed by atoms with Crippen LogP contribution in [-0.2, 0) is 0 Å². The number of aliphatic hydroxyl groups excluding tert-OH is 1. The molecule has 1 aliphatic heterocycles. The number of rotatable bonds is 7. The largest absolute Gasteiger partial charge is 0.482 e. The van der Waals surface area contributed by atoms with E-state index in [2.05, 4.69) is 9.99 Å². The van der Waals surface area contributed by atoms with Crippen molar-refractivity contribution in [1.82, 2.24) is 15.0 Å². The molecule has 0 amide bonds. The van der Waals surface area contributed by atoms with E-state index in [0.29, 0.717) is 18.5 Å². The molecule has 1 aromatic heterocycles. The smallest absolute Gasteiger partial charge is 0.422 e. The maximum Gasteiger partial charge on any atom is 0.422 e. The van der Waals surface area contributed by atoms with E-state index >= 15 is 0 Å². The molecule has 0 fully saturated rings. The Labute approximate surface area is 139 Å². The van der Waals surface area contributed by atoms with Gasteiger partial charge in [-0.15, -0.1) is 0 Å². The number of hydrogen-bond donors (Lipinski definition) is 1. The summed E-state index contributed by atoms with van der Waals surface area (Å²) in [6.45, 7) is 3.90. The van der Waals surface area contributed by atoms with Crippen LogP contribution in [0.2, 0.25) is 0 Å². The van der Waals surface area contributed by atoms with Crippen LogP contribution in [0.25, 0.3) is 0 Å². The second-order valence-corrected chi connectivity index (χ2v) is 5.70. The number of aromatic nitrogens is 1. The van der Waals surface area contributed by atoms with Crippen molar-refractivity contribution in [3.63, 3.8) is 0 Å². The van der Waals surface area contributed by atoms with Crippen molar-refractivity contribution in [3.05, 3.63) is 35.8 Å². The van der Waals surface area contributed by atoms with Crippen LogP contribution in [-0.4, -0.2) is 52.6 Å². The van der Waals surface area contributed by atoms with Crippen molar-refractivity contribution >= 4 is 0 Å². The van der Waals surface area contributed by atoms with Gasteiger partial charge in [-0.2, -0.15) is 13.2 Å². The number of pyridine rings is 1. The fourth-order valence-electron chi connectivity index (χ4n) is 2.54. The van der Waals surface area contributed by atoms with E-state index in [0.717, 1.165) is 12.2 Å². The highest BCUT2D eigenvalue weighted by molar-refractivity contribution is 5.32. The van der Waals surface area contributed by atoms with E-state index in [9.17, 15) is 13.2 Å². The van der Waals surface area contributed by atoms with Gasteiger partial charge in [-0.1, -0.05) is 6.08 Å². The molecule has 0 bridgehead atoms. The first-order valence-corrected chi connectivity index (χ1v) is 7.78. The van der Waals surface area contributed by atoms with Crippen LogP contribution in [0, 0.1) is 6.92 Å². The van der Waals surface area contributed by atoms with Gasteiger partial charge in [0.2, 0.25) is 0 Å². The van der Waals surface area contributed by atoms with E-state index < -0.39 is 12.8 Å². The summed E-state index contributed by atoms with van der Waals surface area (Å²) >= 11 is 0. The second kappa shape index (κ2) is 7.85. The Balaban J connectivity index is 2.05. The molecular weight excluding hydrogens is 323 g/mol. The van der Waals surface area contributed by atoms with Gasteiger partial charge in [0, 0.05) is 25.9 Å². The Bertz CT molecular complexity index is 578. The molecule has 0 aromatic carbocycles. The van der Waals surface area contributed by atoms with Crippen LogP contribution in [0.4, 0.5) is 13.2 Å². The first-order chi connectivity index (χ1) is 11.3. The highest BCUT2D eigenvalue weighted by atomic mass is 19.4. The molecule has 1 aromatic rings. The molecule has 0 saturated heterocycles. The molecule has 24 heavy (non-hydrogen) atoms. The number of halogens is 3. The summed E-state index contributed by atoms with van der Waals surface area (Å²) in [5.41, 5.74) is 1.37. The fourth-order valence-corrected chi connectivity index (χ4v) is 2.54. The van der Waals surface area contributed by atoms with Gasteiger partial charge in [0.1, 0.15) is 5.75 Å². The number of aliphatic hydroxyl groups is 1. The molecule has 2 heterocycles. The Morgan fingerprint density at radius 3 is 2.79 bits per heavy atom. The molecule has 1 unspecified atom stereocenters. The lowest BCUT2D eigenvalue weighted by atomic mass is 10.1. The number of hydrazine groups is 1. The van der Waals surface area contributed by atoms with Crippen molar-refractivity contribution in [3.8, 4) is 5.75 Å². The molecular formula is C16H22F3N3O2. The Kier molecular flexibility index (Phi) is 6.06. The highest BCUT2D eigenvalue weighted by Crippen LogP contribution is 2.27. The predicted octanol–water partition coefficient (Wildman–Crippen LogP) is 2.82. The standard InChI is InChI=1S/C16H22F3N3O2/c1-12-9-14(20-10-15(12)24-11-16(17,18)19)13(2)22-7-3-5-21(22)6-4-8-23/h3,5,9-10,13,23H,4,6-8,11H2,1-2H3. The Morgan fingerprint density at radius 2 is 2.17 bits per heavy atom. The van der Waals surface area contributed by atoms with E-state index in [4.69, 9.17) is 9.84 Å². The van der Waals surface area contributed by atoms with Gasteiger partial charge in [0.25, 0.3) is 0 Å². The lowest BCUT2D eigenvalue weighted by molar-refractivity contribution is -0.153. The molecule has 0 saturated carbocycles. The highest BCUT2D eigenvalue weighted by Gasteiger charge is 2.29. The van der Waals surface area contributed by atoms with Crippen LogP contribution in [0.3, 0.4) is 0 Å². The van der Waals surface area contributed by atoms with Crippen LogP contribution in [0.1, 0.15) is 30.6 Å². The van der Waals surface area contributed by atoms with Crippen molar-refractivity contribution in [2.45, 2.75) is 32.5 Å². The molecule has 1 atom stereocenters. The normalized spacial score (nSPS) is 16.7. The maximum absolute atomic E-state index is 12.2. The van der Waals surface area contributed by atoms with E-state index in [1.165, 1.54) is 6.20 Å². The van der Waals surface area contributed by atoms with E-state index in [-0.39, 0.29) is 18.4 Å². The number of ether oxygens (including phenoxy) is 1. The number of alkyl halides is 3. The maximum atomic E-state index is 12.2. The summed E-state index contributed by atoms with van der Waals surface area (Å²) in [7, 11) is 0. The minimum Gasteiger partial charge on any atom is -0.482 e. The molecule has 0 aliphatic carbocycles. The minimum atomic E-state index is -4.37. The molecule has 0 radical (unpaired) electrons. The van der Waals surface area contributed by atoms with Gasteiger partial charge in [-0.25, -0.2) is 5.01 Å². The summed E-state index contributed by atoms with van der Waals surface area (Å²) < 4.78 is 41.5. The van der Waals surface area contributed by atoms with Crippen molar-refractivity contribution in [2.24, 2.45) is 0 Å². The summed E-state index contributed by atoms with van der Waals surface area (Å²) in [6.07, 6.45) is 1.60. The average Bonchev–Trinajstić information content (AvgIpc) is 2.98. The summed E-state index contributed by atoms with van der Waals surface area (Å²) in [6, 6.07) is 1.70. The van der Waals surface area contributed by atoms with Crippen LogP contribution < -0.4 is 4.74 Å². The van der Waals surface area contributed by atoms with Gasteiger partial charge < -0.3 is 14.9 Å². The third-order valence-electron chi connectivity index (χ3n) is 3.80. The SMILES string of the molecule is Cc1cc(C(C)N2CC=CN2CCCO)ncc1OCC(F)(F)F. The molecule has 134 valence electrons. The van der Waals surface area contributed by atoms with Crippen molar-refractivity contribution in [2.75, 3.05) is 26.3 Å². The molecule has 8 heteroatoms. The van der Waals surface area contributed by atoms with Gasteiger partial charge in [-0.05, 0) is 31.9 Å². The zero-order valence-corrected chi connectivity index (χ0v) is 13.8. The number of nitrogens with zero attached hydrogens (tertiary/aromatic N) is 3. The fraction of sp³-hybridized carbons (Fsp3) is 0.562. The number of aryl methyl sites for hydroxylation is 1. The van der Waals surface area contributed by atoms with Crippen LogP contribution in [0.15, 0.2) is 24.5 Å². The number of hydrogen-bond acceptors (Lipinski definition) is 5. The van der Waals surface area contributed by atoms with E-state index in [1.54, 1.807) is 13.0 Å². The first kappa shape index (κ1) is 18.5. The average molecular weight is 345 g/mol. The van der Waals surface area contributed by atoms with Crippen molar-refractivity contribution < 1.29 is 23.0 Å². The summed E-state index contributed by atoms with van der Waals surface area (Å²) in [4.78, 5) is 4.26. The summed E-state index contributed by atoms with van der Waals surface area (Å²) in [5.74, 6) is 0.139. The lowest BCUT2D eigenvalue weighted by Crippen LogP contribution is -2.38. The van der Waals surface area contributed by atoms with Gasteiger partial charge >= 0.3 is 6.18 Å². The Morgan fingerprint density at radius 1 is 1.42 bits per heavy atom. The van der Waals surface area contributed by atoms with Gasteiger partial charge in [0.15, 0.2) is 6.61 Å². The van der Waals surface area contributed by atoms with Gasteiger partial charge in [-0.3, -0.25) is 4.98 Å². The molecule has 0 spiro atoms. The molecule has 5 nitrogen and oxygen atoms in total. The Hall–Kier alpha value is -1.80. The van der Waals surface area contributed by atoms with Crippen molar-refractivity contribution in [1.29, 1.82) is 0 Å². The third kappa shape index (κ3) is 4.85. The second-order valence-electron chi connectivity index (χ2n) is 5.70. The van der Waals surface area contributed by atoms with Crippen LogP contribution >= 0.6 is 0 Å². The lowest BCUT2D eigenvalue weighted by Gasteiger charge is -2.34. The molecule has 2 rings (SSSR count). The third-order valence-corrected chi connectivity index (χ3v) is 3.80.